The van der Waals surface area contributed by atoms with Gasteiger partial charge < -0.3 is 9.47 Å². The highest BCUT2D eigenvalue weighted by Crippen LogP contribution is 2.36. The van der Waals surface area contributed by atoms with E-state index in [0.717, 1.165) is 6.07 Å². The monoisotopic (exact) mass is 362 g/mol. The second-order valence-corrected chi connectivity index (χ2v) is 4.08. The van der Waals surface area contributed by atoms with Crippen molar-refractivity contribution in [2.24, 2.45) is 0 Å². The lowest BCUT2D eigenvalue weighted by molar-refractivity contribution is -0.275. The van der Waals surface area contributed by atoms with Crippen LogP contribution < -0.4 is 9.47 Å². The quantitative estimate of drug-likeness (QED) is 0.571. The fourth-order valence-electron chi connectivity index (χ4n) is 1.38. The lowest BCUT2D eigenvalue weighted by Crippen LogP contribution is -2.20. The summed E-state index contributed by atoms with van der Waals surface area (Å²) in [4.78, 5) is 11.3. The summed E-state index contributed by atoms with van der Waals surface area (Å²) in [6.07, 6.45) is -5.50. The van der Waals surface area contributed by atoms with Crippen LogP contribution >= 0.6 is 15.9 Å². The van der Waals surface area contributed by atoms with E-state index < -0.39 is 36.7 Å². The number of para-hydroxylation sites is 1. The van der Waals surface area contributed by atoms with Crippen LogP contribution in [0.25, 0.3) is 0 Å². The normalized spacial score (nSPS) is 11.6. The van der Waals surface area contributed by atoms with Gasteiger partial charge in [-0.15, -0.1) is 13.2 Å². The zero-order valence-electron chi connectivity index (χ0n) is 9.72. The van der Waals surface area contributed by atoms with Gasteiger partial charge in [-0.1, -0.05) is 28.1 Å². The Balaban J connectivity index is 3.17. The molecule has 0 saturated heterocycles. The Morgan fingerprint density at radius 3 is 2.45 bits per heavy atom. The van der Waals surface area contributed by atoms with Crippen molar-refractivity contribution >= 4 is 21.7 Å². The largest absolute Gasteiger partial charge is 0.573 e. The summed E-state index contributed by atoms with van der Waals surface area (Å²) >= 11 is 2.85. The van der Waals surface area contributed by atoms with E-state index in [1.165, 1.54) is 12.1 Å². The first kappa shape index (κ1) is 16.7. The molecule has 0 aliphatic carbocycles. The maximum atomic E-state index is 12.3. The van der Waals surface area contributed by atoms with Crippen molar-refractivity contribution in [3.05, 3.63) is 23.8 Å². The summed E-state index contributed by atoms with van der Waals surface area (Å²) in [6.45, 7) is -3.31. The highest BCUT2D eigenvalue weighted by Gasteiger charge is 2.34. The van der Waals surface area contributed by atoms with E-state index in [1.54, 1.807) is 0 Å². The van der Waals surface area contributed by atoms with E-state index in [9.17, 15) is 26.7 Å². The van der Waals surface area contributed by atoms with Crippen molar-refractivity contribution in [3.8, 4) is 11.5 Å². The first-order valence-corrected chi connectivity index (χ1v) is 6.25. The summed E-state index contributed by atoms with van der Waals surface area (Å²) in [5.41, 5.74) is -0.190. The highest BCUT2D eigenvalue weighted by atomic mass is 79.9. The average Bonchev–Trinajstić information content (AvgIpc) is 2.31. The zero-order chi connectivity index (χ0) is 15.3. The van der Waals surface area contributed by atoms with Crippen molar-refractivity contribution in [2.45, 2.75) is 19.4 Å². The van der Waals surface area contributed by atoms with Crippen molar-refractivity contribution in [1.29, 1.82) is 0 Å². The van der Waals surface area contributed by atoms with Gasteiger partial charge in [0.25, 0.3) is 0 Å². The predicted molar refractivity (Wildman–Crippen MR) is 62.3 cm³/mol. The van der Waals surface area contributed by atoms with Gasteiger partial charge in [-0.3, -0.25) is 4.79 Å². The van der Waals surface area contributed by atoms with Gasteiger partial charge in [-0.05, 0) is 6.07 Å². The lowest BCUT2D eigenvalue weighted by Gasteiger charge is -2.16. The van der Waals surface area contributed by atoms with Crippen LogP contribution in [0.3, 0.4) is 0 Å². The number of carbonyl (C=O) groups excluding carboxylic acids is 1. The first-order valence-electron chi connectivity index (χ1n) is 5.13. The van der Waals surface area contributed by atoms with Crippen LogP contribution in [0.2, 0.25) is 0 Å². The number of benzene rings is 1. The summed E-state index contributed by atoms with van der Waals surface area (Å²) in [5.74, 6) is -2.15. The number of ketones is 1. The van der Waals surface area contributed by atoms with E-state index in [-0.39, 0.29) is 10.9 Å². The minimum Gasteiger partial charge on any atom is -0.431 e. The van der Waals surface area contributed by atoms with Gasteiger partial charge in [0.2, 0.25) is 0 Å². The van der Waals surface area contributed by atoms with Crippen LogP contribution in [0.1, 0.15) is 5.56 Å². The highest BCUT2D eigenvalue weighted by molar-refractivity contribution is 9.09. The van der Waals surface area contributed by atoms with E-state index >= 15 is 0 Å². The summed E-state index contributed by atoms with van der Waals surface area (Å²) < 4.78 is 68.9. The second kappa shape index (κ2) is 6.87. The summed E-state index contributed by atoms with van der Waals surface area (Å²) in [7, 11) is 0. The Kier molecular flexibility index (Phi) is 5.73. The number of Topliss-reactive ketones (excluding diaryl/α,β-unsaturated/α-hetero) is 1. The molecule has 1 aromatic rings. The van der Waals surface area contributed by atoms with Crippen LogP contribution in [0.15, 0.2) is 18.2 Å². The second-order valence-electron chi connectivity index (χ2n) is 3.52. The minimum absolute atomic E-state index is 0.0849. The van der Waals surface area contributed by atoms with Crippen molar-refractivity contribution in [3.63, 3.8) is 0 Å². The fraction of sp³-hybridized carbons (Fsp3) is 0.364. The molecule has 0 atom stereocenters. The van der Waals surface area contributed by atoms with Gasteiger partial charge in [0.05, 0.1) is 5.33 Å². The smallest absolute Gasteiger partial charge is 0.431 e. The molecule has 20 heavy (non-hydrogen) atoms. The molecular weight excluding hydrogens is 355 g/mol. The fourth-order valence-corrected chi connectivity index (χ4v) is 1.58. The molecule has 0 unspecified atom stereocenters. The molecule has 0 aromatic heterocycles. The molecule has 0 spiro atoms. The SMILES string of the molecule is O=C(CBr)Cc1cccc(OC(F)F)c1OC(F)(F)F. The molecule has 0 radical (unpaired) electrons. The van der Waals surface area contributed by atoms with Gasteiger partial charge in [0.15, 0.2) is 11.5 Å². The molecule has 9 heteroatoms. The van der Waals surface area contributed by atoms with E-state index in [1.807, 2.05) is 0 Å². The Hall–Kier alpha value is -1.38. The maximum Gasteiger partial charge on any atom is 0.573 e. The van der Waals surface area contributed by atoms with Gasteiger partial charge in [-0.25, -0.2) is 0 Å². The van der Waals surface area contributed by atoms with Crippen molar-refractivity contribution in [1.82, 2.24) is 0 Å². The van der Waals surface area contributed by atoms with Gasteiger partial charge >= 0.3 is 13.0 Å². The van der Waals surface area contributed by atoms with Gasteiger partial charge in [0.1, 0.15) is 5.78 Å². The third-order valence-corrected chi connectivity index (χ3v) is 2.66. The number of carbonyl (C=O) groups is 1. The van der Waals surface area contributed by atoms with E-state index in [4.69, 9.17) is 0 Å². The summed E-state index contributed by atoms with van der Waals surface area (Å²) in [6, 6.07) is 3.26. The molecule has 0 N–H and O–H groups in total. The first-order chi connectivity index (χ1) is 9.23. The van der Waals surface area contributed by atoms with Crippen LogP contribution in [-0.2, 0) is 11.2 Å². The minimum atomic E-state index is -5.09. The molecular formula is C11H8BrF5O3. The molecule has 0 bridgehead atoms. The van der Waals surface area contributed by atoms with Crippen molar-refractivity contribution < 1.29 is 36.2 Å². The molecule has 0 aliphatic rings. The number of halogens is 6. The molecule has 112 valence electrons. The molecule has 1 aromatic carbocycles. The Morgan fingerprint density at radius 2 is 1.95 bits per heavy atom. The molecule has 0 saturated carbocycles. The Morgan fingerprint density at radius 1 is 1.30 bits per heavy atom. The van der Waals surface area contributed by atoms with Crippen LogP contribution in [-0.4, -0.2) is 24.1 Å². The number of ether oxygens (including phenoxy) is 2. The predicted octanol–water partition coefficient (Wildman–Crippen LogP) is 3.69. The molecule has 0 fully saturated rings. The lowest BCUT2D eigenvalue weighted by atomic mass is 10.1. The molecule has 0 aliphatic heterocycles. The Bertz CT molecular complexity index is 476. The number of rotatable bonds is 6. The third-order valence-electron chi connectivity index (χ3n) is 2.03. The van der Waals surface area contributed by atoms with E-state index in [0.29, 0.717) is 0 Å². The molecule has 1 rings (SSSR count). The van der Waals surface area contributed by atoms with Crippen LogP contribution in [0, 0.1) is 0 Å². The number of alkyl halides is 6. The Labute approximate surface area is 118 Å². The average molecular weight is 363 g/mol. The number of hydrogen-bond acceptors (Lipinski definition) is 3. The van der Waals surface area contributed by atoms with Crippen LogP contribution in [0.5, 0.6) is 11.5 Å². The summed E-state index contributed by atoms with van der Waals surface area (Å²) in [5, 5.41) is -0.0849. The molecule has 0 heterocycles. The molecule has 0 amide bonds. The number of hydrogen-bond donors (Lipinski definition) is 0. The van der Waals surface area contributed by atoms with Gasteiger partial charge in [0, 0.05) is 12.0 Å². The third kappa shape index (κ3) is 5.32. The maximum absolute atomic E-state index is 12.3. The van der Waals surface area contributed by atoms with Crippen molar-refractivity contribution in [2.75, 3.05) is 5.33 Å². The van der Waals surface area contributed by atoms with Crippen LogP contribution in [0.4, 0.5) is 22.0 Å². The molecule has 3 nitrogen and oxygen atoms in total. The standard InChI is InChI=1S/C11H8BrF5O3/c12-5-7(18)4-6-2-1-3-8(19-10(13)14)9(6)20-11(15,16)17/h1-3,10H,4-5H2. The topological polar surface area (TPSA) is 35.5 Å². The zero-order valence-corrected chi connectivity index (χ0v) is 11.3. The van der Waals surface area contributed by atoms with Gasteiger partial charge in [-0.2, -0.15) is 8.78 Å². The van der Waals surface area contributed by atoms with E-state index in [2.05, 4.69) is 25.4 Å².